The van der Waals surface area contributed by atoms with Gasteiger partial charge >= 0.3 is 0 Å². The van der Waals surface area contributed by atoms with Crippen LogP contribution in [0.2, 0.25) is 5.28 Å². The predicted octanol–water partition coefficient (Wildman–Crippen LogP) is 1.53. The molecule has 2 saturated heterocycles. The van der Waals surface area contributed by atoms with Crippen molar-refractivity contribution in [1.82, 2.24) is 19.9 Å². The van der Waals surface area contributed by atoms with Crippen LogP contribution in [0.4, 0.5) is 11.9 Å². The number of halogens is 1. The highest BCUT2D eigenvalue weighted by molar-refractivity contribution is 6.28. The molecule has 3 rings (SSSR count). The second kappa shape index (κ2) is 5.09. The molecule has 0 spiro atoms. The molecule has 0 radical (unpaired) electrons. The number of rotatable bonds is 2. The third kappa shape index (κ3) is 2.74. The van der Waals surface area contributed by atoms with Crippen molar-refractivity contribution in [2.75, 3.05) is 18.1 Å². The smallest absolute Gasteiger partial charge is 0.229 e. The van der Waals surface area contributed by atoms with Gasteiger partial charge in [-0.25, -0.2) is 0 Å². The Morgan fingerprint density at radius 2 is 1.89 bits per heavy atom. The molecule has 104 valence electrons. The van der Waals surface area contributed by atoms with Crippen LogP contribution in [0.3, 0.4) is 0 Å². The summed E-state index contributed by atoms with van der Waals surface area (Å²) in [5.74, 6) is 0.653. The van der Waals surface area contributed by atoms with E-state index >= 15 is 0 Å². The first-order valence-corrected chi connectivity index (χ1v) is 7.15. The van der Waals surface area contributed by atoms with Gasteiger partial charge in [-0.2, -0.15) is 15.0 Å². The normalized spacial score (nSPS) is 31.2. The fourth-order valence-electron chi connectivity index (χ4n) is 3.35. The largest absolute Gasteiger partial charge is 0.368 e. The molecule has 0 saturated carbocycles. The molecule has 2 atom stereocenters. The van der Waals surface area contributed by atoms with Gasteiger partial charge in [0.15, 0.2) is 0 Å². The van der Waals surface area contributed by atoms with E-state index in [0.29, 0.717) is 24.1 Å². The highest BCUT2D eigenvalue weighted by Crippen LogP contribution is 2.33. The minimum absolute atomic E-state index is 0.142. The summed E-state index contributed by atoms with van der Waals surface area (Å²) in [6.45, 7) is 0. The molecule has 19 heavy (non-hydrogen) atoms. The van der Waals surface area contributed by atoms with Crippen LogP contribution < -0.4 is 11.1 Å². The lowest BCUT2D eigenvalue weighted by Gasteiger charge is -2.47. The second-order valence-electron chi connectivity index (χ2n) is 5.50. The first kappa shape index (κ1) is 12.9. The lowest BCUT2D eigenvalue weighted by atomic mass is 9.82. The van der Waals surface area contributed by atoms with Crippen LogP contribution in [-0.4, -0.2) is 45.0 Å². The van der Waals surface area contributed by atoms with Crippen molar-refractivity contribution in [3.8, 4) is 0 Å². The zero-order valence-electron chi connectivity index (χ0n) is 11.0. The number of nitrogens with two attached hydrogens (primary N) is 1. The van der Waals surface area contributed by atoms with E-state index in [2.05, 4.69) is 32.2 Å². The van der Waals surface area contributed by atoms with E-state index in [1.165, 1.54) is 19.3 Å². The van der Waals surface area contributed by atoms with Crippen LogP contribution >= 0.6 is 11.6 Å². The molecule has 2 fully saturated rings. The van der Waals surface area contributed by atoms with E-state index in [1.54, 1.807) is 0 Å². The summed E-state index contributed by atoms with van der Waals surface area (Å²) in [6, 6.07) is 1.73. The second-order valence-corrected chi connectivity index (χ2v) is 5.84. The fraction of sp³-hybridized carbons (Fsp3) is 0.750. The van der Waals surface area contributed by atoms with E-state index in [-0.39, 0.29) is 11.2 Å². The van der Waals surface area contributed by atoms with Gasteiger partial charge in [0.25, 0.3) is 0 Å². The van der Waals surface area contributed by atoms with Crippen LogP contribution in [0.5, 0.6) is 0 Å². The molecular weight excluding hydrogens is 264 g/mol. The van der Waals surface area contributed by atoms with E-state index in [0.717, 1.165) is 12.8 Å². The number of nitrogens with one attached hydrogen (secondary N) is 1. The first-order chi connectivity index (χ1) is 9.11. The Labute approximate surface area is 117 Å². The third-order valence-corrected chi connectivity index (χ3v) is 4.47. The number of nitrogens with zero attached hydrogens (tertiary/aromatic N) is 4. The molecule has 2 aliphatic rings. The standard InChI is InChI=1S/C12H19ClN6/c1-19-8-3-2-4-9(19)6-7(5-8)15-12-17-10(13)16-11(14)18-12/h7-9H,2-6H2,1H3,(H3,14,15,16,17,18). The number of fused-ring (bicyclic) bond motifs is 2. The minimum atomic E-state index is 0.142. The maximum atomic E-state index is 5.80. The summed E-state index contributed by atoms with van der Waals surface area (Å²) in [7, 11) is 2.24. The van der Waals surface area contributed by atoms with Crippen LogP contribution in [0.1, 0.15) is 32.1 Å². The zero-order chi connectivity index (χ0) is 13.4. The maximum Gasteiger partial charge on any atom is 0.229 e. The Morgan fingerprint density at radius 1 is 1.21 bits per heavy atom. The predicted molar refractivity (Wildman–Crippen MR) is 75.1 cm³/mol. The zero-order valence-corrected chi connectivity index (χ0v) is 11.8. The third-order valence-electron chi connectivity index (χ3n) is 4.30. The van der Waals surface area contributed by atoms with Crippen molar-refractivity contribution in [2.45, 2.75) is 50.2 Å². The lowest BCUT2D eigenvalue weighted by Crippen LogP contribution is -2.52. The Morgan fingerprint density at radius 3 is 2.53 bits per heavy atom. The summed E-state index contributed by atoms with van der Waals surface area (Å²) >= 11 is 5.80. The Bertz CT molecular complexity index is 433. The molecule has 1 aromatic rings. The van der Waals surface area contributed by atoms with E-state index in [1.807, 2.05) is 0 Å². The number of nitrogen functional groups attached to an aromatic ring is 1. The van der Waals surface area contributed by atoms with Crippen LogP contribution in [0.25, 0.3) is 0 Å². The quantitative estimate of drug-likeness (QED) is 0.856. The van der Waals surface area contributed by atoms with Gasteiger partial charge in [0.2, 0.25) is 17.2 Å². The summed E-state index contributed by atoms with van der Waals surface area (Å²) in [5.41, 5.74) is 5.58. The van der Waals surface area contributed by atoms with Crippen LogP contribution in [0.15, 0.2) is 0 Å². The Kier molecular flexibility index (Phi) is 3.45. The fourth-order valence-corrected chi connectivity index (χ4v) is 3.51. The topological polar surface area (TPSA) is 80.0 Å². The molecule has 2 bridgehead atoms. The Balaban J connectivity index is 1.70. The molecule has 3 heterocycles. The van der Waals surface area contributed by atoms with Crippen LogP contribution in [-0.2, 0) is 0 Å². The molecule has 1 aromatic heterocycles. The SMILES string of the molecule is CN1C2CCCC1CC(Nc1nc(N)nc(Cl)n1)C2. The van der Waals surface area contributed by atoms with E-state index in [4.69, 9.17) is 17.3 Å². The number of aromatic nitrogens is 3. The number of piperidine rings is 2. The molecule has 0 aromatic carbocycles. The van der Waals surface area contributed by atoms with Crippen molar-refractivity contribution in [2.24, 2.45) is 0 Å². The minimum Gasteiger partial charge on any atom is -0.368 e. The summed E-state index contributed by atoms with van der Waals surface area (Å²) in [5, 5.41) is 3.50. The van der Waals surface area contributed by atoms with Crippen molar-refractivity contribution < 1.29 is 0 Å². The molecule has 0 aliphatic carbocycles. The van der Waals surface area contributed by atoms with Gasteiger partial charge < -0.3 is 16.0 Å². The van der Waals surface area contributed by atoms with Crippen LogP contribution in [0, 0.1) is 0 Å². The van der Waals surface area contributed by atoms with Crippen molar-refractivity contribution in [1.29, 1.82) is 0 Å². The number of anilines is 2. The van der Waals surface area contributed by atoms with Crippen molar-refractivity contribution in [3.63, 3.8) is 0 Å². The molecule has 2 unspecified atom stereocenters. The number of hydrogen-bond donors (Lipinski definition) is 2. The monoisotopic (exact) mass is 282 g/mol. The molecule has 7 heteroatoms. The average molecular weight is 283 g/mol. The molecular formula is C12H19ClN6. The maximum absolute atomic E-state index is 5.80. The van der Waals surface area contributed by atoms with Gasteiger partial charge in [-0.3, -0.25) is 0 Å². The van der Waals surface area contributed by atoms with Gasteiger partial charge in [0.1, 0.15) is 0 Å². The Hall–Kier alpha value is -1.14. The van der Waals surface area contributed by atoms with Gasteiger partial charge in [0, 0.05) is 18.1 Å². The highest BCUT2D eigenvalue weighted by atomic mass is 35.5. The molecule has 0 amide bonds. The van der Waals surface area contributed by atoms with Gasteiger partial charge in [-0.05, 0) is 44.3 Å². The average Bonchev–Trinajstić information content (AvgIpc) is 2.29. The van der Waals surface area contributed by atoms with E-state index < -0.39 is 0 Å². The molecule has 6 nitrogen and oxygen atoms in total. The summed E-state index contributed by atoms with van der Waals surface area (Å²) in [4.78, 5) is 14.5. The molecule has 3 N–H and O–H groups in total. The van der Waals surface area contributed by atoms with Gasteiger partial charge in [-0.1, -0.05) is 6.42 Å². The highest BCUT2D eigenvalue weighted by Gasteiger charge is 2.36. The van der Waals surface area contributed by atoms with Gasteiger partial charge in [-0.15, -0.1) is 0 Å². The number of hydrogen-bond acceptors (Lipinski definition) is 6. The first-order valence-electron chi connectivity index (χ1n) is 6.77. The molecule has 2 aliphatic heterocycles. The lowest BCUT2D eigenvalue weighted by molar-refractivity contribution is 0.0607. The van der Waals surface area contributed by atoms with Crippen molar-refractivity contribution >= 4 is 23.5 Å². The van der Waals surface area contributed by atoms with E-state index in [9.17, 15) is 0 Å². The summed E-state index contributed by atoms with van der Waals surface area (Å²) in [6.07, 6.45) is 6.15. The van der Waals surface area contributed by atoms with Crippen molar-refractivity contribution in [3.05, 3.63) is 5.28 Å². The van der Waals surface area contributed by atoms with Gasteiger partial charge in [0.05, 0.1) is 0 Å². The summed E-state index contributed by atoms with van der Waals surface area (Å²) < 4.78 is 0.